The van der Waals surface area contributed by atoms with Gasteiger partial charge >= 0.3 is 0 Å². The van der Waals surface area contributed by atoms with Crippen molar-refractivity contribution in [3.8, 4) is 0 Å². The second kappa shape index (κ2) is 7.65. The molecule has 0 atom stereocenters. The lowest BCUT2D eigenvalue weighted by atomic mass is 9.99. The van der Waals surface area contributed by atoms with Gasteiger partial charge < -0.3 is 14.4 Å². The Kier molecular flexibility index (Phi) is 4.86. The van der Waals surface area contributed by atoms with Crippen molar-refractivity contribution in [2.45, 2.75) is 58.0 Å². The Hall–Kier alpha value is -2.63. The highest BCUT2D eigenvalue weighted by Gasteiger charge is 2.32. The Morgan fingerprint density at radius 2 is 1.52 bits per heavy atom. The van der Waals surface area contributed by atoms with Gasteiger partial charge in [-0.1, -0.05) is 24.3 Å². The fourth-order valence-corrected chi connectivity index (χ4v) is 4.93. The minimum absolute atomic E-state index is 0.00381. The molecule has 2 amide bonds. The summed E-state index contributed by atoms with van der Waals surface area (Å²) >= 11 is 0. The number of imidazole rings is 1. The molecule has 6 nitrogen and oxygen atoms in total. The molecule has 1 fully saturated rings. The number of rotatable bonds is 2. The first-order chi connectivity index (χ1) is 14.2. The third-order valence-corrected chi connectivity index (χ3v) is 6.57. The van der Waals surface area contributed by atoms with Crippen molar-refractivity contribution in [2.24, 2.45) is 0 Å². The van der Waals surface area contributed by atoms with Gasteiger partial charge in [0.1, 0.15) is 5.69 Å². The van der Waals surface area contributed by atoms with Crippen LogP contribution < -0.4 is 0 Å². The zero-order valence-electron chi connectivity index (χ0n) is 16.9. The lowest BCUT2D eigenvalue weighted by Gasteiger charge is -2.29. The first kappa shape index (κ1) is 18.4. The van der Waals surface area contributed by atoms with E-state index in [4.69, 9.17) is 0 Å². The van der Waals surface area contributed by atoms with Crippen LogP contribution in [0.15, 0.2) is 24.3 Å². The van der Waals surface area contributed by atoms with E-state index >= 15 is 0 Å². The average molecular weight is 393 g/mol. The maximum Gasteiger partial charge on any atom is 0.289 e. The molecule has 0 bridgehead atoms. The summed E-state index contributed by atoms with van der Waals surface area (Å²) in [7, 11) is 0. The van der Waals surface area contributed by atoms with Crippen LogP contribution in [0.2, 0.25) is 0 Å². The third-order valence-electron chi connectivity index (χ3n) is 6.57. The molecule has 3 aliphatic rings. The van der Waals surface area contributed by atoms with E-state index in [1.165, 1.54) is 17.5 Å². The van der Waals surface area contributed by atoms with Gasteiger partial charge in [0.15, 0.2) is 5.82 Å². The fourth-order valence-electron chi connectivity index (χ4n) is 4.93. The molecule has 5 rings (SSSR count). The van der Waals surface area contributed by atoms with Crippen molar-refractivity contribution >= 4 is 11.8 Å². The van der Waals surface area contributed by atoms with Gasteiger partial charge in [-0.05, 0) is 56.1 Å². The van der Waals surface area contributed by atoms with Crippen LogP contribution in [0.4, 0.5) is 0 Å². The quantitative estimate of drug-likeness (QED) is 0.789. The molecule has 3 aliphatic heterocycles. The Morgan fingerprint density at radius 1 is 0.759 bits per heavy atom. The van der Waals surface area contributed by atoms with Crippen molar-refractivity contribution in [1.82, 2.24) is 19.4 Å². The first-order valence-electron chi connectivity index (χ1n) is 11.0. The van der Waals surface area contributed by atoms with Gasteiger partial charge in [0, 0.05) is 32.7 Å². The predicted molar refractivity (Wildman–Crippen MR) is 110 cm³/mol. The maximum atomic E-state index is 13.4. The summed E-state index contributed by atoms with van der Waals surface area (Å²) in [5.74, 6) is 0.445. The normalized spacial score (nSPS) is 18.9. The van der Waals surface area contributed by atoms with Crippen molar-refractivity contribution in [3.05, 3.63) is 52.6 Å². The second-order valence-corrected chi connectivity index (χ2v) is 8.44. The second-order valence-electron chi connectivity index (χ2n) is 8.44. The van der Waals surface area contributed by atoms with Gasteiger partial charge in [-0.3, -0.25) is 9.59 Å². The standard InChI is InChI=1S/C23H28N4O2/c28-22(26-15-11-17-8-2-3-9-18(17)16-26)20-19-10-4-7-14-27(19)21(24-20)23(29)25-12-5-1-6-13-25/h2-3,8-9H,1,4-7,10-16H2. The van der Waals surface area contributed by atoms with Crippen LogP contribution >= 0.6 is 0 Å². The number of nitrogens with zero attached hydrogens (tertiary/aromatic N) is 4. The van der Waals surface area contributed by atoms with Gasteiger partial charge in [-0.25, -0.2) is 4.98 Å². The van der Waals surface area contributed by atoms with Crippen LogP contribution in [0.1, 0.15) is 70.0 Å². The number of hydrogen-bond acceptors (Lipinski definition) is 3. The Morgan fingerprint density at radius 3 is 2.34 bits per heavy atom. The molecule has 0 saturated carbocycles. The fraction of sp³-hybridized carbons (Fsp3) is 0.522. The molecule has 1 saturated heterocycles. The minimum Gasteiger partial charge on any atom is -0.336 e. The van der Waals surface area contributed by atoms with E-state index < -0.39 is 0 Å². The molecule has 0 unspecified atom stereocenters. The van der Waals surface area contributed by atoms with Crippen molar-refractivity contribution in [1.29, 1.82) is 0 Å². The lowest BCUT2D eigenvalue weighted by molar-refractivity contribution is 0.0705. The highest BCUT2D eigenvalue weighted by molar-refractivity contribution is 5.97. The highest BCUT2D eigenvalue weighted by atomic mass is 16.2. The SMILES string of the molecule is O=C(c1nc(C(=O)N2CCCCC2)n2c1CCCC2)N1CCc2ccccc2C1. The van der Waals surface area contributed by atoms with Gasteiger partial charge in [0.25, 0.3) is 11.8 Å². The zero-order valence-corrected chi connectivity index (χ0v) is 16.9. The van der Waals surface area contributed by atoms with Crippen molar-refractivity contribution in [3.63, 3.8) is 0 Å². The van der Waals surface area contributed by atoms with Crippen molar-refractivity contribution < 1.29 is 9.59 Å². The maximum absolute atomic E-state index is 13.4. The number of fused-ring (bicyclic) bond motifs is 2. The molecule has 0 spiro atoms. The van der Waals surface area contributed by atoms with E-state index in [-0.39, 0.29) is 11.8 Å². The molecule has 152 valence electrons. The number of amides is 2. The third kappa shape index (κ3) is 3.34. The molecular weight excluding hydrogens is 364 g/mol. The monoisotopic (exact) mass is 392 g/mol. The van der Waals surface area contributed by atoms with E-state index in [9.17, 15) is 9.59 Å². The summed E-state index contributed by atoms with van der Waals surface area (Å²) in [4.78, 5) is 35.1. The number of piperidine rings is 1. The summed E-state index contributed by atoms with van der Waals surface area (Å²) in [5.41, 5.74) is 4.00. The zero-order chi connectivity index (χ0) is 19.8. The Balaban J connectivity index is 1.45. The number of benzene rings is 1. The van der Waals surface area contributed by atoms with Crippen LogP contribution in [0, 0.1) is 0 Å². The predicted octanol–water partition coefficient (Wildman–Crippen LogP) is 3.04. The van der Waals surface area contributed by atoms with E-state index in [0.717, 1.165) is 63.9 Å². The summed E-state index contributed by atoms with van der Waals surface area (Å²) in [5, 5.41) is 0. The summed E-state index contributed by atoms with van der Waals surface area (Å²) in [6, 6.07) is 8.33. The molecule has 4 heterocycles. The van der Waals surface area contributed by atoms with Crippen LogP contribution in [0.25, 0.3) is 0 Å². The van der Waals surface area contributed by atoms with E-state index in [1.807, 2.05) is 20.4 Å². The molecule has 1 aromatic carbocycles. The van der Waals surface area contributed by atoms with Crippen LogP contribution in [-0.2, 0) is 25.9 Å². The molecule has 29 heavy (non-hydrogen) atoms. The van der Waals surface area contributed by atoms with Gasteiger partial charge in [-0.2, -0.15) is 0 Å². The van der Waals surface area contributed by atoms with Gasteiger partial charge in [-0.15, -0.1) is 0 Å². The number of aromatic nitrogens is 2. The molecule has 1 aromatic heterocycles. The first-order valence-corrected chi connectivity index (χ1v) is 11.0. The summed E-state index contributed by atoms with van der Waals surface area (Å²) in [6.07, 6.45) is 7.07. The molecule has 0 aliphatic carbocycles. The number of carbonyl (C=O) groups excluding carboxylic acids is 2. The average Bonchev–Trinajstić information content (AvgIpc) is 3.18. The molecule has 2 aromatic rings. The van der Waals surface area contributed by atoms with Crippen LogP contribution in [0.3, 0.4) is 0 Å². The largest absolute Gasteiger partial charge is 0.336 e. The molecule has 6 heteroatoms. The summed E-state index contributed by atoms with van der Waals surface area (Å²) in [6.45, 7) is 3.71. The molecular formula is C23H28N4O2. The molecule has 0 N–H and O–H groups in total. The van der Waals surface area contributed by atoms with Crippen LogP contribution in [0.5, 0.6) is 0 Å². The molecule has 0 radical (unpaired) electrons. The van der Waals surface area contributed by atoms with E-state index in [2.05, 4.69) is 23.2 Å². The van der Waals surface area contributed by atoms with E-state index in [1.54, 1.807) is 0 Å². The van der Waals surface area contributed by atoms with Crippen LogP contribution in [-0.4, -0.2) is 50.8 Å². The number of carbonyl (C=O) groups is 2. The summed E-state index contributed by atoms with van der Waals surface area (Å²) < 4.78 is 2.03. The lowest BCUT2D eigenvalue weighted by Crippen LogP contribution is -2.37. The Labute approximate surface area is 171 Å². The smallest absolute Gasteiger partial charge is 0.289 e. The number of hydrogen-bond donors (Lipinski definition) is 0. The topological polar surface area (TPSA) is 58.4 Å². The minimum atomic E-state index is -0.0251. The number of likely N-dealkylation sites (tertiary alicyclic amines) is 1. The van der Waals surface area contributed by atoms with Gasteiger partial charge in [0.05, 0.1) is 5.69 Å². The highest BCUT2D eigenvalue weighted by Crippen LogP contribution is 2.26. The van der Waals surface area contributed by atoms with E-state index in [0.29, 0.717) is 24.6 Å². The van der Waals surface area contributed by atoms with Gasteiger partial charge in [0.2, 0.25) is 0 Å². The Bertz CT molecular complexity index is 942. The van der Waals surface area contributed by atoms with Crippen molar-refractivity contribution in [2.75, 3.05) is 19.6 Å².